The van der Waals surface area contributed by atoms with Gasteiger partial charge in [-0.05, 0) is 96.9 Å². The van der Waals surface area contributed by atoms with E-state index in [9.17, 15) is 28.8 Å². The maximum absolute atomic E-state index is 14.1. The first kappa shape index (κ1) is 45.7. The Morgan fingerprint density at radius 2 is 1.00 bits per heavy atom. The second-order valence-electron chi connectivity index (χ2n) is 17.1. The number of likely N-dealkylation sites (tertiary alicyclic amines) is 2. The molecule has 3 aromatic rings. The SMILES string of the molecule is COC(=O)N[C@H](C(=O)N1CCC[C@@]1(C(N)=O)c1ccc(C2CC[C@H](c3ccc([C@]4(C(N)=O)CCCN4C(=O)[C@@H](NC(=O)OC)C(C)C)cc3)N2c2ccc(Cl)cc2)cc1)C(C)C. The summed E-state index contributed by atoms with van der Waals surface area (Å²) >= 11 is 6.36. The smallest absolute Gasteiger partial charge is 0.407 e. The Labute approximate surface area is 367 Å². The minimum atomic E-state index is -1.41. The highest BCUT2D eigenvalue weighted by molar-refractivity contribution is 6.30. The molecular formula is C46H58ClN7O8. The molecule has 62 heavy (non-hydrogen) atoms. The van der Waals surface area contributed by atoms with Crippen LogP contribution in [0.5, 0.6) is 0 Å². The van der Waals surface area contributed by atoms with Gasteiger partial charge in [-0.15, -0.1) is 0 Å². The van der Waals surface area contributed by atoms with Gasteiger partial charge in [-0.25, -0.2) is 9.59 Å². The molecule has 0 radical (unpaired) electrons. The number of hydrogen-bond donors (Lipinski definition) is 4. The first-order valence-corrected chi connectivity index (χ1v) is 21.6. The lowest BCUT2D eigenvalue weighted by Crippen LogP contribution is -2.59. The Morgan fingerprint density at radius 1 is 0.629 bits per heavy atom. The second-order valence-corrected chi connectivity index (χ2v) is 17.5. The van der Waals surface area contributed by atoms with Gasteiger partial charge in [0.15, 0.2) is 0 Å². The average Bonchev–Trinajstić information content (AvgIpc) is 4.03. The molecule has 3 fully saturated rings. The molecule has 6 rings (SSSR count). The molecule has 0 aliphatic carbocycles. The van der Waals surface area contributed by atoms with Crippen LogP contribution in [0, 0.1) is 11.8 Å². The van der Waals surface area contributed by atoms with Gasteiger partial charge in [-0.2, -0.15) is 0 Å². The fourth-order valence-corrected chi connectivity index (χ4v) is 9.89. The molecule has 3 saturated heterocycles. The number of nitrogens with zero attached hydrogens (tertiary/aromatic N) is 3. The minimum absolute atomic E-state index is 0.106. The van der Waals surface area contributed by atoms with Crippen molar-refractivity contribution < 1.29 is 38.2 Å². The molecule has 15 nitrogen and oxygen atoms in total. The lowest BCUT2D eigenvalue weighted by atomic mass is 9.84. The third kappa shape index (κ3) is 8.38. The molecular weight excluding hydrogens is 814 g/mol. The number of halogens is 1. The summed E-state index contributed by atoms with van der Waals surface area (Å²) in [6, 6.07) is 21.0. The third-order valence-corrected chi connectivity index (χ3v) is 13.2. The van der Waals surface area contributed by atoms with Crippen LogP contribution < -0.4 is 27.0 Å². The van der Waals surface area contributed by atoms with Gasteiger partial charge < -0.3 is 46.3 Å². The number of primary amides is 2. The van der Waals surface area contributed by atoms with E-state index in [0.717, 1.165) is 29.7 Å². The van der Waals surface area contributed by atoms with Crippen molar-refractivity contribution in [3.05, 3.63) is 100 Å². The average molecular weight is 872 g/mol. The van der Waals surface area contributed by atoms with Crippen LogP contribution in [0.2, 0.25) is 5.02 Å². The van der Waals surface area contributed by atoms with Crippen LogP contribution in [0.4, 0.5) is 15.3 Å². The number of alkyl carbamates (subject to hydrolysis) is 2. The maximum atomic E-state index is 14.1. The van der Waals surface area contributed by atoms with Crippen molar-refractivity contribution in [2.75, 3.05) is 32.2 Å². The number of carbonyl (C=O) groups excluding carboxylic acids is 6. The van der Waals surface area contributed by atoms with Crippen molar-refractivity contribution in [3.63, 3.8) is 0 Å². The normalized spacial score (nSPS) is 23.3. The summed E-state index contributed by atoms with van der Waals surface area (Å²) < 4.78 is 9.56. The maximum Gasteiger partial charge on any atom is 0.407 e. The van der Waals surface area contributed by atoms with Gasteiger partial charge in [0, 0.05) is 23.8 Å². The monoisotopic (exact) mass is 871 g/mol. The van der Waals surface area contributed by atoms with E-state index in [0.29, 0.717) is 54.9 Å². The standard InChI is InChI=1S/C46H58ClN7O8/c1-27(2)37(50-43(59)61-5)39(55)52-25-7-23-45(52,41(48)57)31-13-9-29(10-14-31)35-21-22-36(54(35)34-19-17-33(47)18-20-34)30-11-15-32(16-12-30)46(42(49)58)24-8-26-53(46)40(56)38(28(3)4)51-44(60)62-6/h9-20,27-28,35-38H,7-8,21-26H2,1-6H3,(H2,48,57)(H2,49,58)(H,50,59)(H,51,60)/t35-,36?,37+,38+,45+,46+/m1/s1. The highest BCUT2D eigenvalue weighted by Crippen LogP contribution is 2.49. The van der Waals surface area contributed by atoms with Gasteiger partial charge in [0.1, 0.15) is 23.2 Å². The molecule has 6 atom stereocenters. The molecule has 332 valence electrons. The summed E-state index contributed by atoms with van der Waals surface area (Å²) in [7, 11) is 2.46. The van der Waals surface area contributed by atoms with Crippen molar-refractivity contribution in [3.8, 4) is 0 Å². The van der Waals surface area contributed by atoms with Crippen LogP contribution in [0.15, 0.2) is 72.8 Å². The molecule has 0 bridgehead atoms. The fourth-order valence-electron chi connectivity index (χ4n) is 9.77. The number of anilines is 1. The van der Waals surface area contributed by atoms with E-state index in [1.165, 1.54) is 24.0 Å². The molecule has 6 amide bonds. The van der Waals surface area contributed by atoms with E-state index >= 15 is 0 Å². The van der Waals surface area contributed by atoms with Crippen molar-refractivity contribution in [2.24, 2.45) is 23.3 Å². The van der Waals surface area contributed by atoms with E-state index in [1.807, 2.05) is 100 Å². The summed E-state index contributed by atoms with van der Waals surface area (Å²) in [4.78, 5) is 84.8. The molecule has 0 saturated carbocycles. The molecule has 3 heterocycles. The number of benzene rings is 3. The van der Waals surface area contributed by atoms with Gasteiger partial charge in [0.25, 0.3) is 0 Å². The Morgan fingerprint density at radius 3 is 1.32 bits per heavy atom. The van der Waals surface area contributed by atoms with E-state index in [-0.39, 0.29) is 23.9 Å². The topological polar surface area (TPSA) is 207 Å². The zero-order valence-electron chi connectivity index (χ0n) is 36.2. The molecule has 16 heteroatoms. The molecule has 0 aromatic heterocycles. The van der Waals surface area contributed by atoms with E-state index in [1.54, 1.807) is 0 Å². The summed E-state index contributed by atoms with van der Waals surface area (Å²) in [5.74, 6) is -2.69. The fraction of sp³-hybridized carbons (Fsp3) is 0.478. The first-order chi connectivity index (χ1) is 29.5. The number of nitrogens with two attached hydrogens (primary N) is 2. The predicted molar refractivity (Wildman–Crippen MR) is 234 cm³/mol. The molecule has 1 unspecified atom stereocenters. The molecule has 3 aliphatic heterocycles. The van der Waals surface area contributed by atoms with Crippen molar-refractivity contribution >= 4 is 53.1 Å². The Bertz CT molecular complexity index is 2020. The van der Waals surface area contributed by atoms with E-state index in [2.05, 4.69) is 15.5 Å². The summed E-state index contributed by atoms with van der Waals surface area (Å²) in [5.41, 5.74) is 13.6. The van der Waals surface area contributed by atoms with E-state index < -0.39 is 59.0 Å². The lowest BCUT2D eigenvalue weighted by molar-refractivity contribution is -0.146. The number of ether oxygens (including phenoxy) is 2. The zero-order chi connectivity index (χ0) is 45.1. The highest BCUT2D eigenvalue weighted by atomic mass is 35.5. The second kappa shape index (κ2) is 18.6. The zero-order valence-corrected chi connectivity index (χ0v) is 36.9. The Kier molecular flexibility index (Phi) is 13.7. The van der Waals surface area contributed by atoms with Gasteiger partial charge in [0.2, 0.25) is 23.6 Å². The molecule has 3 aromatic carbocycles. The predicted octanol–water partition coefficient (Wildman–Crippen LogP) is 5.79. The largest absolute Gasteiger partial charge is 0.453 e. The Balaban J connectivity index is 1.32. The van der Waals surface area contributed by atoms with Gasteiger partial charge in [-0.3, -0.25) is 19.2 Å². The summed E-state index contributed by atoms with van der Waals surface area (Å²) in [6.45, 7) is 7.83. The number of carbonyl (C=O) groups is 6. The number of rotatable bonds is 13. The van der Waals surface area contributed by atoms with Crippen LogP contribution in [-0.4, -0.2) is 85.0 Å². The molecule has 0 spiro atoms. The molecule has 3 aliphatic rings. The lowest BCUT2D eigenvalue weighted by Gasteiger charge is -2.39. The van der Waals surface area contributed by atoms with Gasteiger partial charge >= 0.3 is 12.2 Å². The van der Waals surface area contributed by atoms with Crippen LogP contribution in [-0.2, 0) is 39.7 Å². The van der Waals surface area contributed by atoms with Crippen LogP contribution in [0.25, 0.3) is 0 Å². The van der Waals surface area contributed by atoms with E-state index in [4.69, 9.17) is 32.5 Å². The van der Waals surface area contributed by atoms with Gasteiger partial charge in [-0.1, -0.05) is 87.8 Å². The minimum Gasteiger partial charge on any atom is -0.453 e. The van der Waals surface area contributed by atoms with Crippen molar-refractivity contribution in [2.45, 2.75) is 101 Å². The number of hydrogen-bond acceptors (Lipinski definition) is 9. The highest BCUT2D eigenvalue weighted by Gasteiger charge is 2.53. The van der Waals surface area contributed by atoms with Gasteiger partial charge in [0.05, 0.1) is 26.3 Å². The number of amides is 6. The Hall–Kier alpha value is -5.83. The summed E-state index contributed by atoms with van der Waals surface area (Å²) in [6.07, 6.45) is 1.82. The number of nitrogens with one attached hydrogen (secondary N) is 2. The molecule has 6 N–H and O–H groups in total. The quantitative estimate of drug-likeness (QED) is 0.164. The van der Waals surface area contributed by atoms with Crippen LogP contribution in [0.1, 0.15) is 101 Å². The number of methoxy groups -OCH3 is 2. The summed E-state index contributed by atoms with van der Waals surface area (Å²) in [5, 5.41) is 5.86. The first-order valence-electron chi connectivity index (χ1n) is 21.2. The van der Waals surface area contributed by atoms with Crippen molar-refractivity contribution in [1.29, 1.82) is 0 Å². The third-order valence-electron chi connectivity index (χ3n) is 12.9. The van der Waals surface area contributed by atoms with Crippen molar-refractivity contribution in [1.82, 2.24) is 20.4 Å². The van der Waals surface area contributed by atoms with Crippen LogP contribution in [0.3, 0.4) is 0 Å². The van der Waals surface area contributed by atoms with Crippen LogP contribution >= 0.6 is 11.6 Å².